The topological polar surface area (TPSA) is 157 Å². The van der Waals surface area contributed by atoms with E-state index in [-0.39, 0.29) is 48.7 Å². The number of carbonyl (C=O) groups is 3. The number of amides is 3. The number of likely N-dealkylation sites (tertiary alicyclic amines) is 1. The normalized spacial score (nSPS) is 21.5. The number of rotatable bonds is 10. The van der Waals surface area contributed by atoms with Crippen LogP contribution >= 0.6 is 0 Å². The Morgan fingerprint density at radius 2 is 1.90 bits per heavy atom. The molecular weight excluding hydrogens is 614 g/mol. The van der Waals surface area contributed by atoms with Crippen molar-refractivity contribution in [2.45, 2.75) is 57.2 Å². The highest BCUT2D eigenvalue weighted by Crippen LogP contribution is 2.47. The second-order valence-electron chi connectivity index (χ2n) is 12.4. The number of hydrogen-bond donors (Lipinski definition) is 2. The Kier molecular flexibility index (Phi) is 9.20. The summed E-state index contributed by atoms with van der Waals surface area (Å²) in [5, 5.41) is 39.3. The predicted octanol–water partition coefficient (Wildman–Crippen LogP) is 4.43. The van der Waals surface area contributed by atoms with Gasteiger partial charge in [0.1, 0.15) is 0 Å². The third kappa shape index (κ3) is 6.12. The van der Waals surface area contributed by atoms with Crippen LogP contribution in [0.1, 0.15) is 55.7 Å². The van der Waals surface area contributed by atoms with Gasteiger partial charge in [0.25, 0.3) is 11.6 Å². The third-order valence-electron chi connectivity index (χ3n) is 9.38. The molecule has 6 rings (SSSR count). The first-order chi connectivity index (χ1) is 23.1. The summed E-state index contributed by atoms with van der Waals surface area (Å²) in [6, 6.07) is 20.5. The summed E-state index contributed by atoms with van der Waals surface area (Å²) < 4.78 is 0. The number of anilines is 2. The largest absolute Gasteiger partial charge is 0.394 e. The molecule has 1 saturated heterocycles. The molecular formula is C36H37N5O7. The zero-order chi connectivity index (χ0) is 34.0. The standard InChI is InChI=1S/C36H37N5O7/c1-24(8-5-14-33(43)38-19-7-13-29(38)23-42)36(46)30-21-28(41(47)48)15-17-32(30)39(35(36)45)22-25-9-6-12-27(20-25)40-34(44)18-16-31(37-40)26-10-3-2-4-11-26/h2-6,8-12,15,17,20-21,24,29,42,46H,7,13-14,16,18-19,22-23H2,1H3/b8-5+/t24-,29+,36+/m1/s1. The van der Waals surface area contributed by atoms with Crippen molar-refractivity contribution in [3.63, 3.8) is 0 Å². The van der Waals surface area contributed by atoms with Gasteiger partial charge in [-0.25, -0.2) is 5.01 Å². The molecule has 0 aliphatic carbocycles. The van der Waals surface area contributed by atoms with E-state index >= 15 is 0 Å². The predicted molar refractivity (Wildman–Crippen MR) is 179 cm³/mol. The number of aliphatic hydroxyl groups is 2. The zero-order valence-electron chi connectivity index (χ0n) is 26.6. The number of nitro benzene ring substituents is 1. The molecule has 12 heteroatoms. The van der Waals surface area contributed by atoms with Gasteiger partial charge in [-0.2, -0.15) is 5.10 Å². The van der Waals surface area contributed by atoms with Crippen molar-refractivity contribution in [2.75, 3.05) is 23.1 Å². The first-order valence-corrected chi connectivity index (χ1v) is 16.1. The quantitative estimate of drug-likeness (QED) is 0.187. The van der Waals surface area contributed by atoms with Crippen LogP contribution in [-0.2, 0) is 26.5 Å². The van der Waals surface area contributed by atoms with Crippen molar-refractivity contribution < 1.29 is 29.5 Å². The maximum Gasteiger partial charge on any atom is 0.269 e. The molecule has 3 aromatic rings. The first-order valence-electron chi connectivity index (χ1n) is 16.1. The summed E-state index contributed by atoms with van der Waals surface area (Å²) in [6.45, 7) is 2.10. The average molecular weight is 652 g/mol. The fourth-order valence-corrected chi connectivity index (χ4v) is 6.75. The summed E-state index contributed by atoms with van der Waals surface area (Å²) in [5.74, 6) is -1.83. The van der Waals surface area contributed by atoms with Crippen LogP contribution in [0, 0.1) is 16.0 Å². The fraction of sp³-hybridized carbons (Fsp3) is 0.333. The van der Waals surface area contributed by atoms with Crippen molar-refractivity contribution in [3.8, 4) is 0 Å². The van der Waals surface area contributed by atoms with E-state index in [1.807, 2.05) is 30.3 Å². The van der Waals surface area contributed by atoms with E-state index in [4.69, 9.17) is 0 Å². The van der Waals surface area contributed by atoms with E-state index in [0.717, 1.165) is 24.1 Å². The van der Waals surface area contributed by atoms with Gasteiger partial charge in [0.2, 0.25) is 11.8 Å². The Bertz CT molecular complexity index is 1810. The minimum absolute atomic E-state index is 0.0174. The summed E-state index contributed by atoms with van der Waals surface area (Å²) in [5.41, 5.74) is 0.916. The molecule has 0 spiro atoms. The minimum atomic E-state index is -2.14. The zero-order valence-corrected chi connectivity index (χ0v) is 26.6. The van der Waals surface area contributed by atoms with Crippen LogP contribution in [-0.4, -0.2) is 62.7 Å². The lowest BCUT2D eigenvalue weighted by Gasteiger charge is -2.28. The molecule has 3 aliphatic heterocycles. The Morgan fingerprint density at radius 1 is 1.10 bits per heavy atom. The second kappa shape index (κ2) is 13.5. The van der Waals surface area contributed by atoms with Crippen molar-refractivity contribution in [1.82, 2.24) is 4.90 Å². The highest BCUT2D eigenvalue weighted by Gasteiger charge is 2.53. The summed E-state index contributed by atoms with van der Waals surface area (Å²) in [6.07, 6.45) is 5.55. The third-order valence-corrected chi connectivity index (χ3v) is 9.38. The maximum atomic E-state index is 14.1. The molecule has 248 valence electrons. The van der Waals surface area contributed by atoms with Gasteiger partial charge in [-0.15, -0.1) is 0 Å². The first kappa shape index (κ1) is 32.7. The Labute approximate surface area is 277 Å². The number of aliphatic hydroxyl groups excluding tert-OH is 1. The van der Waals surface area contributed by atoms with Crippen molar-refractivity contribution in [1.29, 1.82) is 0 Å². The number of carbonyl (C=O) groups excluding carboxylic acids is 3. The highest BCUT2D eigenvalue weighted by atomic mass is 16.6. The van der Waals surface area contributed by atoms with Gasteiger partial charge >= 0.3 is 0 Å². The van der Waals surface area contributed by atoms with Gasteiger partial charge in [-0.1, -0.05) is 61.5 Å². The molecule has 2 N–H and O–H groups in total. The summed E-state index contributed by atoms with van der Waals surface area (Å²) >= 11 is 0. The van der Waals surface area contributed by atoms with E-state index in [1.54, 1.807) is 48.2 Å². The summed E-state index contributed by atoms with van der Waals surface area (Å²) in [4.78, 5) is 54.0. The SMILES string of the molecule is C[C@H](/C=C/CC(=O)N1CCC[C@H]1CO)[C@@]1(O)C(=O)N(Cc2cccc(N3N=C(c4ccccc4)CCC3=O)c2)c2ccc([N+](=O)[O-])cc21. The van der Waals surface area contributed by atoms with Gasteiger partial charge < -0.3 is 20.0 Å². The van der Waals surface area contributed by atoms with Gasteiger partial charge in [-0.3, -0.25) is 24.5 Å². The molecule has 0 saturated carbocycles. The van der Waals surface area contributed by atoms with Crippen LogP contribution in [0.25, 0.3) is 0 Å². The molecule has 0 aromatic heterocycles. The molecule has 0 radical (unpaired) electrons. The van der Waals surface area contributed by atoms with Gasteiger partial charge in [-0.05, 0) is 42.2 Å². The summed E-state index contributed by atoms with van der Waals surface area (Å²) in [7, 11) is 0. The lowest BCUT2D eigenvalue weighted by atomic mass is 9.82. The molecule has 0 unspecified atom stereocenters. The Morgan fingerprint density at radius 3 is 2.65 bits per heavy atom. The van der Waals surface area contributed by atoms with Crippen LogP contribution in [0.2, 0.25) is 0 Å². The minimum Gasteiger partial charge on any atom is -0.394 e. The van der Waals surface area contributed by atoms with E-state index in [2.05, 4.69) is 5.10 Å². The smallest absolute Gasteiger partial charge is 0.269 e. The number of benzene rings is 3. The molecule has 1 fully saturated rings. The Balaban J connectivity index is 1.27. The number of hydrogen-bond acceptors (Lipinski definition) is 8. The van der Waals surface area contributed by atoms with E-state index < -0.39 is 22.3 Å². The Hall–Kier alpha value is -5.20. The number of non-ortho nitro benzene ring substituents is 1. The number of nitro groups is 1. The van der Waals surface area contributed by atoms with E-state index in [9.17, 15) is 34.7 Å². The number of nitrogens with zero attached hydrogens (tertiary/aromatic N) is 5. The average Bonchev–Trinajstić information content (AvgIpc) is 3.67. The number of hydrazone groups is 1. The molecule has 48 heavy (non-hydrogen) atoms. The van der Waals surface area contributed by atoms with Crippen LogP contribution in [0.5, 0.6) is 0 Å². The van der Waals surface area contributed by atoms with Gasteiger partial charge in [0, 0.05) is 49.4 Å². The van der Waals surface area contributed by atoms with Crippen molar-refractivity contribution in [2.24, 2.45) is 11.0 Å². The molecule has 3 atom stereocenters. The molecule has 3 heterocycles. The second-order valence-corrected chi connectivity index (χ2v) is 12.4. The van der Waals surface area contributed by atoms with Crippen molar-refractivity contribution >= 4 is 40.5 Å². The number of fused-ring (bicyclic) bond motifs is 1. The molecule has 3 amide bonds. The van der Waals surface area contributed by atoms with E-state index in [1.165, 1.54) is 28.1 Å². The van der Waals surface area contributed by atoms with Gasteiger partial charge in [0.15, 0.2) is 5.60 Å². The monoisotopic (exact) mass is 651 g/mol. The fourth-order valence-electron chi connectivity index (χ4n) is 6.75. The highest BCUT2D eigenvalue weighted by molar-refractivity contribution is 6.09. The van der Waals surface area contributed by atoms with Crippen molar-refractivity contribution in [3.05, 3.63) is 112 Å². The van der Waals surface area contributed by atoms with Gasteiger partial charge in [0.05, 0.1) is 41.2 Å². The van der Waals surface area contributed by atoms with Crippen LogP contribution in [0.3, 0.4) is 0 Å². The molecule has 3 aliphatic rings. The maximum absolute atomic E-state index is 14.1. The van der Waals surface area contributed by atoms with Crippen LogP contribution in [0.15, 0.2) is 90.0 Å². The van der Waals surface area contributed by atoms with Crippen LogP contribution in [0.4, 0.5) is 17.1 Å². The van der Waals surface area contributed by atoms with Crippen LogP contribution < -0.4 is 9.91 Å². The van der Waals surface area contributed by atoms with E-state index in [0.29, 0.717) is 36.3 Å². The lowest BCUT2D eigenvalue weighted by molar-refractivity contribution is -0.385. The molecule has 3 aromatic carbocycles. The molecule has 0 bridgehead atoms. The molecule has 12 nitrogen and oxygen atoms in total. The lowest BCUT2D eigenvalue weighted by Crippen LogP contribution is -2.44.